The molecular formula is C10H22O. The van der Waals surface area contributed by atoms with Gasteiger partial charge in [0.05, 0.1) is 5.60 Å². The maximum Gasteiger partial charge on any atom is 0.0670 e. The molecule has 1 nitrogen and oxygen atoms in total. The minimum absolute atomic E-state index is 0.354. The summed E-state index contributed by atoms with van der Waals surface area (Å²) in [6.07, 6.45) is 2.14. The smallest absolute Gasteiger partial charge is 0.0670 e. The van der Waals surface area contributed by atoms with Crippen molar-refractivity contribution in [3.63, 3.8) is 0 Å². The number of aliphatic hydroxyl groups is 1. The van der Waals surface area contributed by atoms with E-state index in [2.05, 4.69) is 27.7 Å². The minimum Gasteiger partial charge on any atom is -0.390 e. The predicted molar refractivity (Wildman–Crippen MR) is 49.5 cm³/mol. The lowest BCUT2D eigenvalue weighted by Crippen LogP contribution is -2.39. The van der Waals surface area contributed by atoms with Gasteiger partial charge in [-0.2, -0.15) is 0 Å². The van der Waals surface area contributed by atoms with Crippen LogP contribution in [0, 0.1) is 11.8 Å². The summed E-state index contributed by atoms with van der Waals surface area (Å²) in [5, 5.41) is 10.1. The molecule has 0 saturated heterocycles. The van der Waals surface area contributed by atoms with Crippen molar-refractivity contribution < 1.29 is 5.11 Å². The summed E-state index contributed by atoms with van der Waals surface area (Å²) >= 11 is 0. The van der Waals surface area contributed by atoms with Crippen molar-refractivity contribution in [3.05, 3.63) is 0 Å². The van der Waals surface area contributed by atoms with Crippen LogP contribution in [0.15, 0.2) is 0 Å². The molecule has 0 heterocycles. The van der Waals surface area contributed by atoms with Gasteiger partial charge in [0.15, 0.2) is 0 Å². The zero-order valence-corrected chi connectivity index (χ0v) is 8.52. The van der Waals surface area contributed by atoms with Gasteiger partial charge < -0.3 is 5.11 Å². The summed E-state index contributed by atoms with van der Waals surface area (Å²) in [6.45, 7) is 10.4. The molecule has 0 aromatic carbocycles. The van der Waals surface area contributed by atoms with Crippen LogP contribution in [-0.2, 0) is 0 Å². The van der Waals surface area contributed by atoms with Gasteiger partial charge >= 0.3 is 0 Å². The van der Waals surface area contributed by atoms with Gasteiger partial charge in [-0.3, -0.25) is 0 Å². The van der Waals surface area contributed by atoms with E-state index in [9.17, 15) is 5.11 Å². The minimum atomic E-state index is -0.483. The van der Waals surface area contributed by atoms with Crippen molar-refractivity contribution in [3.8, 4) is 0 Å². The Morgan fingerprint density at radius 1 is 1.18 bits per heavy atom. The summed E-state index contributed by atoms with van der Waals surface area (Å²) < 4.78 is 0. The van der Waals surface area contributed by atoms with Gasteiger partial charge in [0.1, 0.15) is 0 Å². The van der Waals surface area contributed by atoms with Crippen LogP contribution in [0.3, 0.4) is 0 Å². The topological polar surface area (TPSA) is 20.2 Å². The zero-order valence-electron chi connectivity index (χ0n) is 8.52. The van der Waals surface area contributed by atoms with E-state index in [0.29, 0.717) is 11.8 Å². The van der Waals surface area contributed by atoms with Gasteiger partial charge in [-0.25, -0.2) is 0 Å². The third-order valence-electron chi connectivity index (χ3n) is 2.98. The summed E-state index contributed by atoms with van der Waals surface area (Å²) in [5.74, 6) is 0.801. The van der Waals surface area contributed by atoms with Gasteiger partial charge in [-0.15, -0.1) is 0 Å². The second-order valence-corrected chi connectivity index (χ2v) is 3.89. The first-order chi connectivity index (χ1) is 4.96. The predicted octanol–water partition coefficient (Wildman–Crippen LogP) is 2.83. The Morgan fingerprint density at radius 3 is 1.64 bits per heavy atom. The third kappa shape index (κ3) is 2.48. The lowest BCUT2D eigenvalue weighted by molar-refractivity contribution is -0.0447. The molecule has 0 aliphatic heterocycles. The second kappa shape index (κ2) is 4.10. The first-order valence-corrected chi connectivity index (χ1v) is 4.69. The SMILES string of the molecule is CCC(CC)C(C)(O)C(C)C. The molecule has 68 valence electrons. The fraction of sp³-hybridized carbons (Fsp3) is 1.00. The van der Waals surface area contributed by atoms with Gasteiger partial charge in [-0.05, 0) is 18.8 Å². The van der Waals surface area contributed by atoms with Crippen LogP contribution in [0.5, 0.6) is 0 Å². The highest BCUT2D eigenvalue weighted by Gasteiger charge is 2.32. The van der Waals surface area contributed by atoms with Crippen molar-refractivity contribution in [2.75, 3.05) is 0 Å². The Kier molecular flexibility index (Phi) is 4.09. The molecule has 0 fully saturated rings. The first-order valence-electron chi connectivity index (χ1n) is 4.69. The van der Waals surface area contributed by atoms with E-state index in [0.717, 1.165) is 12.8 Å². The molecule has 1 N–H and O–H groups in total. The molecule has 0 radical (unpaired) electrons. The normalized spacial score (nSPS) is 17.5. The number of hydrogen-bond acceptors (Lipinski definition) is 1. The molecule has 0 saturated carbocycles. The molecule has 0 aromatic rings. The molecule has 1 heteroatoms. The highest BCUT2D eigenvalue weighted by Crippen LogP contribution is 2.30. The van der Waals surface area contributed by atoms with Crippen LogP contribution < -0.4 is 0 Å². The van der Waals surface area contributed by atoms with E-state index in [1.165, 1.54) is 0 Å². The summed E-state index contributed by atoms with van der Waals surface area (Å²) in [4.78, 5) is 0. The summed E-state index contributed by atoms with van der Waals surface area (Å²) in [7, 11) is 0. The monoisotopic (exact) mass is 158 g/mol. The molecular weight excluding hydrogens is 136 g/mol. The average Bonchev–Trinajstić information content (AvgIpc) is 1.89. The largest absolute Gasteiger partial charge is 0.390 e. The van der Waals surface area contributed by atoms with Crippen LogP contribution in [0.2, 0.25) is 0 Å². The van der Waals surface area contributed by atoms with Crippen molar-refractivity contribution in [2.24, 2.45) is 11.8 Å². The maximum atomic E-state index is 10.1. The Balaban J connectivity index is 4.24. The van der Waals surface area contributed by atoms with Gasteiger partial charge in [-0.1, -0.05) is 40.5 Å². The quantitative estimate of drug-likeness (QED) is 0.667. The maximum absolute atomic E-state index is 10.1. The molecule has 0 spiro atoms. The van der Waals surface area contributed by atoms with Crippen molar-refractivity contribution in [1.82, 2.24) is 0 Å². The van der Waals surface area contributed by atoms with Crippen molar-refractivity contribution in [1.29, 1.82) is 0 Å². The number of hydrogen-bond donors (Lipinski definition) is 1. The van der Waals surface area contributed by atoms with Gasteiger partial charge in [0.25, 0.3) is 0 Å². The van der Waals surface area contributed by atoms with Crippen LogP contribution in [0.4, 0.5) is 0 Å². The van der Waals surface area contributed by atoms with E-state index < -0.39 is 5.60 Å². The zero-order chi connectivity index (χ0) is 9.07. The average molecular weight is 158 g/mol. The van der Waals surface area contributed by atoms with E-state index in [-0.39, 0.29) is 0 Å². The third-order valence-corrected chi connectivity index (χ3v) is 2.98. The molecule has 0 amide bonds. The van der Waals surface area contributed by atoms with Crippen molar-refractivity contribution in [2.45, 2.75) is 53.1 Å². The highest BCUT2D eigenvalue weighted by atomic mass is 16.3. The van der Waals surface area contributed by atoms with Gasteiger partial charge in [0, 0.05) is 0 Å². The fourth-order valence-electron chi connectivity index (χ4n) is 1.59. The molecule has 11 heavy (non-hydrogen) atoms. The Bertz CT molecular complexity index is 101. The second-order valence-electron chi connectivity index (χ2n) is 3.89. The lowest BCUT2D eigenvalue weighted by Gasteiger charge is -2.35. The summed E-state index contributed by atoms with van der Waals surface area (Å²) in [5.41, 5.74) is -0.483. The molecule has 1 unspecified atom stereocenters. The standard InChI is InChI=1S/C10H22O/c1-6-9(7-2)10(5,11)8(3)4/h8-9,11H,6-7H2,1-5H3. The van der Waals surface area contributed by atoms with E-state index in [1.54, 1.807) is 0 Å². The first kappa shape index (κ1) is 11.0. The van der Waals surface area contributed by atoms with E-state index >= 15 is 0 Å². The molecule has 0 aromatic heterocycles. The summed E-state index contributed by atoms with van der Waals surface area (Å²) in [6, 6.07) is 0. The van der Waals surface area contributed by atoms with Crippen LogP contribution in [-0.4, -0.2) is 10.7 Å². The molecule has 0 aliphatic rings. The van der Waals surface area contributed by atoms with Crippen LogP contribution in [0.1, 0.15) is 47.5 Å². The Morgan fingerprint density at radius 2 is 1.55 bits per heavy atom. The highest BCUT2D eigenvalue weighted by molar-refractivity contribution is 4.83. The van der Waals surface area contributed by atoms with E-state index in [1.807, 2.05) is 6.92 Å². The van der Waals surface area contributed by atoms with Crippen molar-refractivity contribution >= 4 is 0 Å². The Hall–Kier alpha value is -0.0400. The molecule has 1 atom stereocenters. The van der Waals surface area contributed by atoms with Crippen LogP contribution in [0.25, 0.3) is 0 Å². The molecule has 0 aliphatic carbocycles. The molecule has 0 rings (SSSR count). The number of rotatable bonds is 4. The van der Waals surface area contributed by atoms with Gasteiger partial charge in [0.2, 0.25) is 0 Å². The lowest BCUT2D eigenvalue weighted by atomic mass is 9.77. The molecule has 0 bridgehead atoms. The fourth-order valence-corrected chi connectivity index (χ4v) is 1.59. The van der Waals surface area contributed by atoms with Crippen LogP contribution >= 0.6 is 0 Å². The Labute approximate surface area is 70.8 Å². The van der Waals surface area contributed by atoms with E-state index in [4.69, 9.17) is 0 Å².